The van der Waals surface area contributed by atoms with E-state index in [1.54, 1.807) is 4.90 Å². The maximum absolute atomic E-state index is 13.3. The topological polar surface area (TPSA) is 65.5 Å². The Bertz CT molecular complexity index is 1090. The molecule has 4 aliphatic heterocycles. The van der Waals surface area contributed by atoms with Gasteiger partial charge in [0, 0.05) is 50.7 Å². The molecule has 2 saturated heterocycles. The number of amides is 1. The Labute approximate surface area is 207 Å². The molecular weight excluding hydrogens is 442 g/mol. The summed E-state index contributed by atoms with van der Waals surface area (Å²) in [5.74, 6) is 0.598. The fraction of sp³-hybridized carbons (Fsp3) is 0.536. The number of rotatable bonds is 6. The molecule has 0 aliphatic carbocycles. The molecule has 4 heterocycles. The number of ether oxygens (including phenoxy) is 2. The Morgan fingerprint density at radius 2 is 1.86 bits per heavy atom. The number of fused-ring (bicyclic) bond motifs is 2. The number of hydrogen-bond acceptors (Lipinski definition) is 6. The van der Waals surface area contributed by atoms with Crippen LogP contribution in [0.1, 0.15) is 40.0 Å². The molecule has 2 aromatic carbocycles. The van der Waals surface area contributed by atoms with Crippen molar-refractivity contribution < 1.29 is 19.4 Å². The molecule has 1 spiro atoms. The fourth-order valence-electron chi connectivity index (χ4n) is 6.00. The van der Waals surface area contributed by atoms with E-state index >= 15 is 0 Å². The van der Waals surface area contributed by atoms with Crippen LogP contribution in [0.4, 0.5) is 0 Å². The maximum atomic E-state index is 13.3. The summed E-state index contributed by atoms with van der Waals surface area (Å²) >= 11 is 0. The molecule has 186 valence electrons. The molecule has 2 aromatic rings. The van der Waals surface area contributed by atoms with Gasteiger partial charge in [0.2, 0.25) is 0 Å². The number of benzene rings is 2. The zero-order valence-electron chi connectivity index (χ0n) is 20.5. The van der Waals surface area contributed by atoms with Gasteiger partial charge in [-0.15, -0.1) is 0 Å². The van der Waals surface area contributed by atoms with E-state index in [-0.39, 0.29) is 11.9 Å². The van der Waals surface area contributed by atoms with E-state index in [0.717, 1.165) is 45.8 Å². The molecule has 0 aromatic heterocycles. The minimum atomic E-state index is -0.598. The van der Waals surface area contributed by atoms with Gasteiger partial charge in [-0.3, -0.25) is 14.6 Å². The highest BCUT2D eigenvalue weighted by Crippen LogP contribution is 2.42. The average molecular weight is 478 g/mol. The van der Waals surface area contributed by atoms with Crippen LogP contribution in [0, 0.1) is 5.41 Å². The first-order valence-electron chi connectivity index (χ1n) is 12.8. The number of hydrogen-bond donors (Lipinski definition) is 1. The van der Waals surface area contributed by atoms with E-state index in [1.165, 1.54) is 16.7 Å². The van der Waals surface area contributed by atoms with Crippen molar-refractivity contribution in [2.45, 2.75) is 32.0 Å². The summed E-state index contributed by atoms with van der Waals surface area (Å²) in [6.45, 7) is 9.68. The molecule has 0 radical (unpaired) electrons. The van der Waals surface area contributed by atoms with Gasteiger partial charge >= 0.3 is 0 Å². The molecule has 6 rings (SSSR count). The Morgan fingerprint density at radius 3 is 2.63 bits per heavy atom. The van der Waals surface area contributed by atoms with E-state index in [0.29, 0.717) is 43.0 Å². The lowest BCUT2D eigenvalue weighted by atomic mass is 9.76. The summed E-state index contributed by atoms with van der Waals surface area (Å²) in [5.41, 5.74) is 4.87. The second-order valence-corrected chi connectivity index (χ2v) is 10.8. The quantitative estimate of drug-likeness (QED) is 0.689. The number of likely N-dealkylation sites (tertiary alicyclic amines) is 1. The average Bonchev–Trinajstić information content (AvgIpc) is 2.95. The minimum Gasteiger partial charge on any atom is -0.491 e. The predicted octanol–water partition coefficient (Wildman–Crippen LogP) is 2.33. The predicted molar refractivity (Wildman–Crippen MR) is 133 cm³/mol. The maximum Gasteiger partial charge on any atom is 0.257 e. The molecule has 7 heteroatoms. The molecule has 1 amide bonds. The van der Waals surface area contributed by atoms with Crippen LogP contribution < -0.4 is 4.74 Å². The van der Waals surface area contributed by atoms with Crippen molar-refractivity contribution >= 4 is 5.91 Å². The Kier molecular flexibility index (Phi) is 6.05. The van der Waals surface area contributed by atoms with Gasteiger partial charge in [-0.05, 0) is 42.2 Å². The third-order valence-corrected chi connectivity index (χ3v) is 8.18. The number of aliphatic hydroxyl groups excluding tert-OH is 1. The number of carbonyl (C=O) groups is 1. The van der Waals surface area contributed by atoms with E-state index < -0.39 is 6.10 Å². The first kappa shape index (κ1) is 23.0. The van der Waals surface area contributed by atoms with Crippen molar-refractivity contribution in [1.29, 1.82) is 0 Å². The van der Waals surface area contributed by atoms with Crippen molar-refractivity contribution in [2.75, 3.05) is 59.1 Å². The highest BCUT2D eigenvalue weighted by Gasteiger charge is 2.50. The second kappa shape index (κ2) is 9.21. The number of nitrogens with zero attached hydrogens (tertiary/aromatic N) is 3. The van der Waals surface area contributed by atoms with E-state index in [4.69, 9.17) is 9.47 Å². The molecule has 4 aliphatic rings. The van der Waals surface area contributed by atoms with Crippen LogP contribution in [0.2, 0.25) is 0 Å². The summed E-state index contributed by atoms with van der Waals surface area (Å²) in [7, 11) is 0. The highest BCUT2D eigenvalue weighted by molar-refractivity contribution is 5.97. The summed E-state index contributed by atoms with van der Waals surface area (Å²) in [6, 6.07) is 14.8. The van der Waals surface area contributed by atoms with Gasteiger partial charge in [-0.2, -0.15) is 0 Å². The zero-order chi connectivity index (χ0) is 24.0. The molecule has 2 atom stereocenters. The number of aliphatic hydroxyl groups is 1. The smallest absolute Gasteiger partial charge is 0.257 e. The van der Waals surface area contributed by atoms with Crippen LogP contribution >= 0.6 is 0 Å². The van der Waals surface area contributed by atoms with Crippen LogP contribution in [0.15, 0.2) is 42.5 Å². The van der Waals surface area contributed by atoms with E-state index in [2.05, 4.69) is 47.1 Å². The SMILES string of the molecule is CC(c1ccc2c(c1)OCCN(CC(O)CN1CCc3ccccc3C1)C2=O)N1CC2(COC2)C1. The molecule has 2 fully saturated rings. The van der Waals surface area contributed by atoms with Gasteiger partial charge in [0.05, 0.1) is 31.4 Å². The zero-order valence-corrected chi connectivity index (χ0v) is 20.5. The van der Waals surface area contributed by atoms with Crippen LogP contribution in [0.5, 0.6) is 5.75 Å². The van der Waals surface area contributed by atoms with Crippen LogP contribution in [-0.4, -0.2) is 90.9 Å². The lowest BCUT2D eigenvalue weighted by Gasteiger charge is -2.57. The standard InChI is InChI=1S/C28H35N3O4/c1-20(31-16-28(17-31)18-34-19-28)22-6-7-25-26(12-22)35-11-10-30(27(25)33)15-24(32)14-29-9-8-21-4-2-3-5-23(21)13-29/h2-7,12,20,24,32H,8-11,13-19H2,1H3. The van der Waals surface area contributed by atoms with Crippen molar-refractivity contribution in [3.8, 4) is 5.75 Å². The lowest BCUT2D eigenvalue weighted by Crippen LogP contribution is -2.66. The summed E-state index contributed by atoms with van der Waals surface area (Å²) in [6.07, 6.45) is 0.402. The largest absolute Gasteiger partial charge is 0.491 e. The van der Waals surface area contributed by atoms with Gasteiger partial charge in [0.25, 0.3) is 5.91 Å². The first-order valence-corrected chi connectivity index (χ1v) is 12.8. The van der Waals surface area contributed by atoms with E-state index in [1.807, 2.05) is 12.1 Å². The van der Waals surface area contributed by atoms with Gasteiger partial charge < -0.3 is 19.5 Å². The number of carbonyl (C=O) groups excluding carboxylic acids is 1. The van der Waals surface area contributed by atoms with E-state index in [9.17, 15) is 9.90 Å². The summed E-state index contributed by atoms with van der Waals surface area (Å²) < 4.78 is 11.4. The van der Waals surface area contributed by atoms with Crippen LogP contribution in [0.3, 0.4) is 0 Å². The first-order chi connectivity index (χ1) is 17.0. The van der Waals surface area contributed by atoms with Gasteiger partial charge in [0.15, 0.2) is 0 Å². The molecule has 2 unspecified atom stereocenters. The van der Waals surface area contributed by atoms with Gasteiger partial charge in [0.1, 0.15) is 12.4 Å². The van der Waals surface area contributed by atoms with Crippen LogP contribution in [-0.2, 0) is 17.7 Å². The van der Waals surface area contributed by atoms with Crippen molar-refractivity contribution in [1.82, 2.24) is 14.7 Å². The third-order valence-electron chi connectivity index (χ3n) is 8.18. The van der Waals surface area contributed by atoms with Crippen molar-refractivity contribution in [3.05, 3.63) is 64.7 Å². The molecule has 0 saturated carbocycles. The fourth-order valence-corrected chi connectivity index (χ4v) is 6.00. The monoisotopic (exact) mass is 477 g/mol. The molecule has 1 N–H and O–H groups in total. The Hall–Kier alpha value is -2.45. The van der Waals surface area contributed by atoms with Gasteiger partial charge in [-0.1, -0.05) is 30.3 Å². The molecule has 7 nitrogen and oxygen atoms in total. The summed E-state index contributed by atoms with van der Waals surface area (Å²) in [4.78, 5) is 19.8. The minimum absolute atomic E-state index is 0.0609. The molecule has 0 bridgehead atoms. The van der Waals surface area contributed by atoms with Gasteiger partial charge in [-0.25, -0.2) is 0 Å². The Balaban J connectivity index is 1.08. The normalized spacial score (nSPS) is 23.4. The Morgan fingerprint density at radius 1 is 1.06 bits per heavy atom. The third kappa shape index (κ3) is 4.47. The van der Waals surface area contributed by atoms with Crippen LogP contribution in [0.25, 0.3) is 0 Å². The number of β-amino-alcohol motifs (C(OH)–C–C–N with tert-alkyl or cyclic N) is 1. The van der Waals surface area contributed by atoms with Crippen molar-refractivity contribution in [3.63, 3.8) is 0 Å². The second-order valence-electron chi connectivity index (χ2n) is 10.8. The molecule has 35 heavy (non-hydrogen) atoms. The lowest BCUT2D eigenvalue weighted by molar-refractivity contribution is -0.197. The van der Waals surface area contributed by atoms with Crippen molar-refractivity contribution in [2.24, 2.45) is 5.41 Å². The summed E-state index contributed by atoms with van der Waals surface area (Å²) in [5, 5.41) is 10.8. The molecular formula is C28H35N3O4. The highest BCUT2D eigenvalue weighted by atomic mass is 16.5.